The lowest BCUT2D eigenvalue weighted by molar-refractivity contribution is -0.268. The van der Waals surface area contributed by atoms with Crippen molar-refractivity contribution in [2.24, 2.45) is 0 Å². The van der Waals surface area contributed by atoms with Crippen LogP contribution in [0.1, 0.15) is 15.9 Å². The summed E-state index contributed by atoms with van der Waals surface area (Å²) in [6, 6.07) is 13.9. The van der Waals surface area contributed by atoms with Gasteiger partial charge in [0.2, 0.25) is 0 Å². The number of carbonyl (C=O) groups excluding carboxylic acids is 1. The molecule has 0 saturated heterocycles. The Bertz CT molecular complexity index is 675. The van der Waals surface area contributed by atoms with Gasteiger partial charge in [-0.05, 0) is 23.8 Å². The third-order valence-corrected chi connectivity index (χ3v) is 2.71. The van der Waals surface area contributed by atoms with Crippen molar-refractivity contribution >= 4 is 18.0 Å². The lowest BCUT2D eigenvalue weighted by atomic mass is 10.1. The summed E-state index contributed by atoms with van der Waals surface area (Å²) in [5.74, 6) is -1.94. The number of amides is 1. The minimum Gasteiger partial charge on any atom is -0.872 e. The molecule has 0 aromatic heterocycles. The summed E-state index contributed by atoms with van der Waals surface area (Å²) < 4.78 is 0. The number of nitrogens with one attached hydrogen (secondary N) is 1. The van der Waals surface area contributed by atoms with E-state index in [9.17, 15) is 14.7 Å². The number of hydrogen-bond donors (Lipinski definition) is 2. The monoisotopic (exact) mass is 282 g/mol. The van der Waals surface area contributed by atoms with Gasteiger partial charge in [0.1, 0.15) is 5.70 Å². The number of carbonyl (C=O) groups is 2. The smallest absolute Gasteiger partial charge is 0.352 e. The molecule has 2 N–H and O–H groups in total. The highest BCUT2D eigenvalue weighted by Crippen LogP contribution is 2.10. The third kappa shape index (κ3) is 3.94. The molecule has 0 aliphatic carbocycles. The third-order valence-electron chi connectivity index (χ3n) is 2.71. The Morgan fingerprint density at radius 1 is 1.00 bits per heavy atom. The Morgan fingerprint density at radius 3 is 2.19 bits per heavy atom. The molecule has 2 rings (SSSR count). The second kappa shape index (κ2) is 6.38. The molecule has 2 aromatic rings. The molecule has 0 radical (unpaired) electrons. The SMILES string of the molecule is O=C(O)/C(=C\c1ccc([O-])cc1)NC(=O)c1ccccc1. The standard InChI is InChI=1S/C16H13NO4/c18-13-8-6-11(7-9-13)10-14(16(20)21)17-15(19)12-4-2-1-3-5-12/h1-10,18H,(H,17,19)(H,20,21)/p-1/b14-10+. The van der Waals surface area contributed by atoms with E-state index in [-0.39, 0.29) is 11.4 Å². The first kappa shape index (κ1) is 14.3. The van der Waals surface area contributed by atoms with E-state index in [1.807, 2.05) is 0 Å². The van der Waals surface area contributed by atoms with Crippen molar-refractivity contribution in [3.63, 3.8) is 0 Å². The lowest BCUT2D eigenvalue weighted by Crippen LogP contribution is -2.27. The van der Waals surface area contributed by atoms with Crippen LogP contribution in [-0.2, 0) is 4.79 Å². The highest BCUT2D eigenvalue weighted by Gasteiger charge is 2.12. The Balaban J connectivity index is 2.22. The minimum absolute atomic E-state index is 0.169. The zero-order valence-electron chi connectivity index (χ0n) is 10.9. The van der Waals surface area contributed by atoms with Crippen LogP contribution in [-0.4, -0.2) is 17.0 Å². The molecule has 106 valence electrons. The fraction of sp³-hybridized carbons (Fsp3) is 0. The van der Waals surface area contributed by atoms with Gasteiger partial charge in [0.05, 0.1) is 0 Å². The van der Waals surface area contributed by atoms with Gasteiger partial charge in [-0.25, -0.2) is 4.79 Å². The zero-order chi connectivity index (χ0) is 15.2. The average Bonchev–Trinajstić information content (AvgIpc) is 2.49. The topological polar surface area (TPSA) is 89.5 Å². The van der Waals surface area contributed by atoms with Crippen molar-refractivity contribution in [1.82, 2.24) is 5.32 Å². The van der Waals surface area contributed by atoms with Crippen molar-refractivity contribution < 1.29 is 19.8 Å². The van der Waals surface area contributed by atoms with Gasteiger partial charge in [0, 0.05) is 5.56 Å². The molecule has 5 heteroatoms. The largest absolute Gasteiger partial charge is 0.872 e. The predicted octanol–water partition coefficient (Wildman–Crippen LogP) is 1.62. The molecule has 5 nitrogen and oxygen atoms in total. The van der Waals surface area contributed by atoms with Crippen molar-refractivity contribution in [3.8, 4) is 5.75 Å². The van der Waals surface area contributed by atoms with Gasteiger partial charge in [-0.3, -0.25) is 4.79 Å². The minimum atomic E-state index is -1.26. The van der Waals surface area contributed by atoms with Crippen LogP contribution in [0.2, 0.25) is 0 Å². The summed E-state index contributed by atoms with van der Waals surface area (Å²) >= 11 is 0. The fourth-order valence-electron chi connectivity index (χ4n) is 1.67. The van der Waals surface area contributed by atoms with Crippen LogP contribution in [0.4, 0.5) is 0 Å². The molecule has 0 bridgehead atoms. The second-order valence-corrected chi connectivity index (χ2v) is 4.25. The number of carboxylic acid groups (broad SMARTS) is 1. The molecule has 21 heavy (non-hydrogen) atoms. The maximum absolute atomic E-state index is 11.9. The van der Waals surface area contributed by atoms with Gasteiger partial charge < -0.3 is 15.5 Å². The quantitative estimate of drug-likeness (QED) is 0.834. The molecular formula is C16H12NO4-. The van der Waals surface area contributed by atoms with E-state index < -0.39 is 11.9 Å². The summed E-state index contributed by atoms with van der Waals surface area (Å²) in [6.07, 6.45) is 1.29. The van der Waals surface area contributed by atoms with Crippen LogP contribution < -0.4 is 10.4 Å². The van der Waals surface area contributed by atoms with Crippen LogP contribution in [0.5, 0.6) is 5.75 Å². The van der Waals surface area contributed by atoms with E-state index in [2.05, 4.69) is 5.32 Å². The fourth-order valence-corrected chi connectivity index (χ4v) is 1.67. The molecule has 0 atom stereocenters. The molecule has 0 aliphatic heterocycles. The van der Waals surface area contributed by atoms with Crippen LogP contribution >= 0.6 is 0 Å². The van der Waals surface area contributed by atoms with Gasteiger partial charge in [-0.1, -0.05) is 42.5 Å². The molecule has 0 saturated carbocycles. The number of carboxylic acids is 1. The summed E-state index contributed by atoms with van der Waals surface area (Å²) in [7, 11) is 0. The van der Waals surface area contributed by atoms with Crippen molar-refractivity contribution in [2.45, 2.75) is 0 Å². The number of rotatable bonds is 4. The first-order chi connectivity index (χ1) is 10.1. The van der Waals surface area contributed by atoms with Gasteiger partial charge >= 0.3 is 5.97 Å². The lowest BCUT2D eigenvalue weighted by Gasteiger charge is -2.07. The first-order valence-corrected chi connectivity index (χ1v) is 6.15. The van der Waals surface area contributed by atoms with Crippen LogP contribution in [0.25, 0.3) is 6.08 Å². The number of benzene rings is 2. The molecule has 0 heterocycles. The molecule has 0 fully saturated rings. The maximum Gasteiger partial charge on any atom is 0.352 e. The van der Waals surface area contributed by atoms with E-state index in [4.69, 9.17) is 5.11 Å². The Hall–Kier alpha value is -3.08. The molecule has 0 aliphatic rings. The van der Waals surface area contributed by atoms with E-state index >= 15 is 0 Å². The molecular weight excluding hydrogens is 270 g/mol. The average molecular weight is 282 g/mol. The zero-order valence-corrected chi connectivity index (χ0v) is 10.9. The number of hydrogen-bond acceptors (Lipinski definition) is 3. The Kier molecular flexibility index (Phi) is 4.36. The van der Waals surface area contributed by atoms with E-state index in [1.165, 1.54) is 30.3 Å². The van der Waals surface area contributed by atoms with Gasteiger partial charge in [-0.2, -0.15) is 0 Å². The van der Waals surface area contributed by atoms with Crippen LogP contribution in [0, 0.1) is 0 Å². The van der Waals surface area contributed by atoms with Crippen molar-refractivity contribution in [3.05, 3.63) is 71.4 Å². The summed E-state index contributed by atoms with van der Waals surface area (Å²) in [6.45, 7) is 0. The molecule has 1 amide bonds. The summed E-state index contributed by atoms with van der Waals surface area (Å²) in [5.41, 5.74) is 0.613. The van der Waals surface area contributed by atoms with Gasteiger partial charge in [0.25, 0.3) is 5.91 Å². The Morgan fingerprint density at radius 2 is 1.62 bits per heavy atom. The van der Waals surface area contributed by atoms with Crippen LogP contribution in [0.3, 0.4) is 0 Å². The van der Waals surface area contributed by atoms with E-state index in [0.717, 1.165) is 0 Å². The maximum atomic E-state index is 11.9. The second-order valence-electron chi connectivity index (χ2n) is 4.25. The van der Waals surface area contributed by atoms with Gasteiger partial charge in [-0.15, -0.1) is 5.75 Å². The normalized spacial score (nSPS) is 11.0. The van der Waals surface area contributed by atoms with Crippen LogP contribution in [0.15, 0.2) is 60.3 Å². The highest BCUT2D eigenvalue weighted by atomic mass is 16.4. The first-order valence-electron chi connectivity index (χ1n) is 6.15. The van der Waals surface area contributed by atoms with Crippen molar-refractivity contribution in [1.29, 1.82) is 0 Å². The molecule has 0 spiro atoms. The molecule has 0 unspecified atom stereocenters. The Labute approximate surface area is 121 Å². The summed E-state index contributed by atoms with van der Waals surface area (Å²) in [4.78, 5) is 23.1. The molecule has 2 aromatic carbocycles. The number of aliphatic carboxylic acids is 1. The van der Waals surface area contributed by atoms with Gasteiger partial charge in [0.15, 0.2) is 0 Å². The summed E-state index contributed by atoms with van der Waals surface area (Å²) in [5, 5.41) is 22.5. The van der Waals surface area contributed by atoms with Crippen molar-refractivity contribution in [2.75, 3.05) is 0 Å². The predicted molar refractivity (Wildman–Crippen MR) is 75.4 cm³/mol. The van der Waals surface area contributed by atoms with E-state index in [0.29, 0.717) is 11.1 Å². The highest BCUT2D eigenvalue weighted by molar-refractivity contribution is 6.02. The van der Waals surface area contributed by atoms with E-state index in [1.54, 1.807) is 30.3 Å².